The van der Waals surface area contributed by atoms with Gasteiger partial charge in [0.1, 0.15) is 10.8 Å². The summed E-state index contributed by atoms with van der Waals surface area (Å²) in [5.74, 6) is -5.73. The number of aliphatic carboxylic acids is 3. The van der Waals surface area contributed by atoms with Crippen molar-refractivity contribution in [3.63, 3.8) is 0 Å². The van der Waals surface area contributed by atoms with E-state index in [-0.39, 0.29) is 25.7 Å². The van der Waals surface area contributed by atoms with E-state index in [2.05, 4.69) is 0 Å². The van der Waals surface area contributed by atoms with E-state index in [1.807, 2.05) is 6.92 Å². The van der Waals surface area contributed by atoms with E-state index in [9.17, 15) is 34.5 Å². The van der Waals surface area contributed by atoms with E-state index in [1.165, 1.54) is 20.8 Å². The molecule has 0 saturated heterocycles. The molecule has 2 atom stereocenters. The molecule has 3 N–H and O–H groups in total. The summed E-state index contributed by atoms with van der Waals surface area (Å²) >= 11 is 0. The molecule has 0 aliphatic heterocycles. The molecule has 0 spiro atoms. The predicted octanol–water partition coefficient (Wildman–Crippen LogP) is 3.72. The van der Waals surface area contributed by atoms with Crippen LogP contribution in [-0.2, 0) is 23.9 Å². The lowest BCUT2D eigenvalue weighted by molar-refractivity contribution is -0.235. The number of hydrogen-bond donors (Lipinski definition) is 3. The summed E-state index contributed by atoms with van der Waals surface area (Å²) in [5.41, 5.74) is -6.92. The molecule has 0 aromatic heterocycles. The molecule has 28 heavy (non-hydrogen) atoms. The number of carbonyl (C=O) groups excluding carboxylic acids is 1. The Morgan fingerprint density at radius 3 is 1.46 bits per heavy atom. The van der Waals surface area contributed by atoms with Crippen molar-refractivity contribution < 1.29 is 39.2 Å². The molecule has 0 aromatic rings. The minimum Gasteiger partial charge on any atom is -0.481 e. The highest BCUT2D eigenvalue weighted by molar-refractivity contribution is 5.97. The zero-order valence-electron chi connectivity index (χ0n) is 17.5. The first-order chi connectivity index (χ1) is 13.0. The SMILES string of the molecule is CCCCCCC(CC)(C(=O)O)C(OC(C)=O)(C(=O)O)C(CC)(CC)C(=O)O. The van der Waals surface area contributed by atoms with Crippen molar-refractivity contribution in [2.75, 3.05) is 0 Å². The fraction of sp³-hybridized carbons (Fsp3) is 0.800. The van der Waals surface area contributed by atoms with E-state index in [0.717, 1.165) is 19.8 Å². The number of carboxylic acid groups (broad SMARTS) is 3. The minimum atomic E-state index is -2.74. The van der Waals surface area contributed by atoms with E-state index < -0.39 is 40.3 Å². The van der Waals surface area contributed by atoms with Crippen LogP contribution in [0.1, 0.15) is 86.0 Å². The van der Waals surface area contributed by atoms with Crippen LogP contribution in [0.2, 0.25) is 0 Å². The summed E-state index contributed by atoms with van der Waals surface area (Å²) in [4.78, 5) is 49.4. The van der Waals surface area contributed by atoms with Gasteiger partial charge in [0, 0.05) is 6.92 Å². The molecule has 0 saturated carbocycles. The Hall–Kier alpha value is -2.12. The van der Waals surface area contributed by atoms with Gasteiger partial charge in [-0.2, -0.15) is 0 Å². The predicted molar refractivity (Wildman–Crippen MR) is 102 cm³/mol. The second-order valence-corrected chi connectivity index (χ2v) is 7.23. The average Bonchev–Trinajstić information content (AvgIpc) is 2.61. The third-order valence-electron chi connectivity index (χ3n) is 6.03. The maximum Gasteiger partial charge on any atom is 0.350 e. The Kier molecular flexibility index (Phi) is 9.64. The van der Waals surface area contributed by atoms with Crippen molar-refractivity contribution in [3.8, 4) is 0 Å². The highest BCUT2D eigenvalue weighted by Gasteiger charge is 2.74. The van der Waals surface area contributed by atoms with Gasteiger partial charge in [0.2, 0.25) is 5.60 Å². The first-order valence-electron chi connectivity index (χ1n) is 9.89. The van der Waals surface area contributed by atoms with Gasteiger partial charge in [0.05, 0.1) is 0 Å². The fourth-order valence-electron chi connectivity index (χ4n) is 4.39. The molecular formula is C20H34O8. The topological polar surface area (TPSA) is 138 Å². The maximum absolute atomic E-state index is 12.6. The molecule has 0 aliphatic rings. The molecule has 162 valence electrons. The summed E-state index contributed by atoms with van der Waals surface area (Å²) in [6.45, 7) is 7.38. The van der Waals surface area contributed by atoms with E-state index in [4.69, 9.17) is 4.74 Å². The van der Waals surface area contributed by atoms with Crippen molar-refractivity contribution in [1.82, 2.24) is 0 Å². The van der Waals surface area contributed by atoms with Gasteiger partial charge in [-0.05, 0) is 25.7 Å². The Balaban J connectivity index is 7.05. The van der Waals surface area contributed by atoms with Gasteiger partial charge >= 0.3 is 23.9 Å². The van der Waals surface area contributed by atoms with Gasteiger partial charge in [0.25, 0.3) is 0 Å². The molecule has 0 amide bonds. The zero-order chi connectivity index (χ0) is 22.2. The third-order valence-corrected chi connectivity index (χ3v) is 6.03. The molecular weight excluding hydrogens is 368 g/mol. The quantitative estimate of drug-likeness (QED) is 0.295. The van der Waals surface area contributed by atoms with Gasteiger partial charge in [0.15, 0.2) is 0 Å². The maximum atomic E-state index is 12.6. The van der Waals surface area contributed by atoms with Crippen LogP contribution in [0, 0.1) is 10.8 Å². The Morgan fingerprint density at radius 1 is 0.714 bits per heavy atom. The molecule has 2 unspecified atom stereocenters. The number of carbonyl (C=O) groups is 4. The second-order valence-electron chi connectivity index (χ2n) is 7.23. The summed E-state index contributed by atoms with van der Waals surface area (Å²) in [6, 6.07) is 0. The molecule has 8 nitrogen and oxygen atoms in total. The lowest BCUT2D eigenvalue weighted by atomic mass is 9.53. The van der Waals surface area contributed by atoms with E-state index >= 15 is 0 Å². The standard InChI is InChI=1S/C20H34O8/c1-6-10-11-12-13-19(9-4,16(24)25)20(17(26)27,28-14(5)21)18(7-2,8-3)15(22)23/h6-13H2,1-5H3,(H,22,23)(H,24,25)(H,26,27). The number of hydrogen-bond acceptors (Lipinski definition) is 5. The lowest BCUT2D eigenvalue weighted by Crippen LogP contribution is -2.71. The number of esters is 1. The Morgan fingerprint density at radius 2 is 1.18 bits per heavy atom. The zero-order valence-corrected chi connectivity index (χ0v) is 17.5. The largest absolute Gasteiger partial charge is 0.481 e. The smallest absolute Gasteiger partial charge is 0.350 e. The number of unbranched alkanes of at least 4 members (excludes halogenated alkanes) is 3. The Labute approximate surface area is 166 Å². The average molecular weight is 402 g/mol. The van der Waals surface area contributed by atoms with Gasteiger partial charge in [-0.15, -0.1) is 0 Å². The fourth-order valence-corrected chi connectivity index (χ4v) is 4.39. The van der Waals surface area contributed by atoms with Crippen LogP contribution < -0.4 is 0 Å². The first kappa shape index (κ1) is 25.9. The van der Waals surface area contributed by atoms with Crippen molar-refractivity contribution in [1.29, 1.82) is 0 Å². The summed E-state index contributed by atoms with van der Waals surface area (Å²) in [6.07, 6.45) is 2.07. The van der Waals surface area contributed by atoms with Crippen LogP contribution in [-0.4, -0.2) is 44.8 Å². The molecule has 0 heterocycles. The van der Waals surface area contributed by atoms with E-state index in [1.54, 1.807) is 0 Å². The van der Waals surface area contributed by atoms with Gasteiger partial charge in [-0.25, -0.2) is 4.79 Å². The molecule has 0 aliphatic carbocycles. The third kappa shape index (κ3) is 4.15. The highest BCUT2D eigenvalue weighted by Crippen LogP contribution is 2.56. The van der Waals surface area contributed by atoms with Gasteiger partial charge in [-0.1, -0.05) is 53.4 Å². The van der Waals surface area contributed by atoms with Crippen LogP contribution >= 0.6 is 0 Å². The molecule has 0 radical (unpaired) electrons. The van der Waals surface area contributed by atoms with Crippen molar-refractivity contribution in [2.45, 2.75) is 91.6 Å². The molecule has 8 heteroatoms. The van der Waals surface area contributed by atoms with Crippen LogP contribution in [0.15, 0.2) is 0 Å². The van der Waals surface area contributed by atoms with Crippen molar-refractivity contribution in [2.24, 2.45) is 10.8 Å². The minimum absolute atomic E-state index is 0.104. The van der Waals surface area contributed by atoms with Crippen molar-refractivity contribution >= 4 is 23.9 Å². The summed E-state index contributed by atoms with van der Waals surface area (Å²) in [7, 11) is 0. The van der Waals surface area contributed by atoms with Crippen molar-refractivity contribution in [3.05, 3.63) is 0 Å². The van der Waals surface area contributed by atoms with Crippen LogP contribution in [0.3, 0.4) is 0 Å². The Bertz CT molecular complexity index is 581. The molecule has 0 aromatic carbocycles. The lowest BCUT2D eigenvalue weighted by Gasteiger charge is -2.52. The number of ether oxygens (including phenoxy) is 1. The van der Waals surface area contributed by atoms with E-state index in [0.29, 0.717) is 12.8 Å². The first-order valence-corrected chi connectivity index (χ1v) is 9.89. The molecule has 0 bridgehead atoms. The summed E-state index contributed by atoms with van der Waals surface area (Å²) in [5, 5.41) is 30.4. The van der Waals surface area contributed by atoms with Gasteiger partial charge in [-0.3, -0.25) is 14.4 Å². The molecule has 0 fully saturated rings. The number of carboxylic acids is 3. The van der Waals surface area contributed by atoms with Crippen LogP contribution in [0.4, 0.5) is 0 Å². The summed E-state index contributed by atoms with van der Waals surface area (Å²) < 4.78 is 5.28. The molecule has 0 rings (SSSR count). The number of rotatable bonds is 14. The normalized spacial score (nSPS) is 15.9. The second kappa shape index (κ2) is 10.4. The van der Waals surface area contributed by atoms with Crippen LogP contribution in [0.25, 0.3) is 0 Å². The highest BCUT2D eigenvalue weighted by atomic mass is 16.6. The van der Waals surface area contributed by atoms with Crippen LogP contribution in [0.5, 0.6) is 0 Å². The van der Waals surface area contributed by atoms with Gasteiger partial charge < -0.3 is 20.1 Å². The monoisotopic (exact) mass is 402 g/mol.